The number of aryl methyl sites for hydroxylation is 1. The third-order valence-electron chi connectivity index (χ3n) is 4.22. The van der Waals surface area contributed by atoms with E-state index >= 15 is 0 Å². The number of carbonyl (C=O) groups is 2. The fraction of sp³-hybridized carbons (Fsp3) is 0.529. The highest BCUT2D eigenvalue weighted by atomic mass is 19.4. The van der Waals surface area contributed by atoms with Gasteiger partial charge in [-0.3, -0.25) is 4.79 Å². The van der Waals surface area contributed by atoms with Gasteiger partial charge in [0.05, 0.1) is 5.56 Å². The van der Waals surface area contributed by atoms with E-state index in [-0.39, 0.29) is 12.3 Å². The van der Waals surface area contributed by atoms with Crippen LogP contribution >= 0.6 is 0 Å². The molecule has 132 valence electrons. The van der Waals surface area contributed by atoms with E-state index in [1.165, 1.54) is 11.0 Å². The van der Waals surface area contributed by atoms with E-state index in [2.05, 4.69) is 0 Å². The molecule has 1 unspecified atom stereocenters. The van der Waals surface area contributed by atoms with Crippen molar-refractivity contribution in [3.05, 3.63) is 35.4 Å². The van der Waals surface area contributed by atoms with Crippen LogP contribution in [0.15, 0.2) is 24.3 Å². The van der Waals surface area contributed by atoms with E-state index in [9.17, 15) is 22.8 Å². The van der Waals surface area contributed by atoms with Crippen molar-refractivity contribution < 1.29 is 27.9 Å². The monoisotopic (exact) mass is 343 g/mol. The van der Waals surface area contributed by atoms with Crippen molar-refractivity contribution in [3.63, 3.8) is 0 Å². The summed E-state index contributed by atoms with van der Waals surface area (Å²) in [5.74, 6) is -1.24. The highest BCUT2D eigenvalue weighted by Gasteiger charge is 2.32. The number of carbonyl (C=O) groups excluding carboxylic acids is 1. The number of piperidine rings is 1. The van der Waals surface area contributed by atoms with Crippen LogP contribution in [0.1, 0.15) is 43.2 Å². The quantitative estimate of drug-likeness (QED) is 0.890. The molecule has 1 heterocycles. The highest BCUT2D eigenvalue weighted by Crippen LogP contribution is 2.29. The van der Waals surface area contributed by atoms with Gasteiger partial charge in [0.15, 0.2) is 0 Å². The maximum atomic E-state index is 12.7. The van der Waals surface area contributed by atoms with Gasteiger partial charge in [0, 0.05) is 13.0 Å². The molecular weight excluding hydrogens is 323 g/mol. The Bertz CT molecular complexity index is 601. The number of rotatable bonds is 5. The van der Waals surface area contributed by atoms with Crippen LogP contribution in [0, 0.1) is 0 Å². The van der Waals surface area contributed by atoms with Gasteiger partial charge in [0.25, 0.3) is 0 Å². The van der Waals surface area contributed by atoms with Crippen LogP contribution < -0.4 is 0 Å². The van der Waals surface area contributed by atoms with E-state index in [0.717, 1.165) is 25.0 Å². The summed E-state index contributed by atoms with van der Waals surface area (Å²) in [7, 11) is 0. The summed E-state index contributed by atoms with van der Waals surface area (Å²) in [5.41, 5.74) is -0.181. The van der Waals surface area contributed by atoms with Crippen molar-refractivity contribution in [2.24, 2.45) is 0 Å². The number of benzene rings is 1. The number of hydrogen-bond donors (Lipinski definition) is 1. The first-order chi connectivity index (χ1) is 11.3. The molecule has 7 heteroatoms. The largest absolute Gasteiger partial charge is 0.480 e. The third kappa shape index (κ3) is 4.72. The molecule has 1 aliphatic heterocycles. The number of likely N-dealkylation sites (tertiary alicyclic amines) is 1. The molecule has 1 aliphatic rings. The lowest BCUT2D eigenvalue weighted by Crippen LogP contribution is -2.47. The van der Waals surface area contributed by atoms with Gasteiger partial charge >= 0.3 is 12.1 Å². The second-order valence-corrected chi connectivity index (χ2v) is 5.99. The maximum absolute atomic E-state index is 12.7. The van der Waals surface area contributed by atoms with Crippen molar-refractivity contribution in [2.45, 2.75) is 50.7 Å². The summed E-state index contributed by atoms with van der Waals surface area (Å²) in [5, 5.41) is 9.17. The molecule has 4 nitrogen and oxygen atoms in total. The standard InChI is InChI=1S/C17H20F3NO3/c18-17(19,20)13-7-3-5-12(11-13)6-4-9-15(22)21-10-2-1-8-14(21)16(23)24/h3,5,7,11,14H,1-2,4,6,8-10H2,(H,23,24). The minimum Gasteiger partial charge on any atom is -0.480 e. The van der Waals surface area contributed by atoms with Crippen LogP contribution in [0.4, 0.5) is 13.2 Å². The molecule has 1 fully saturated rings. The maximum Gasteiger partial charge on any atom is 0.416 e. The van der Waals surface area contributed by atoms with Gasteiger partial charge in [-0.2, -0.15) is 13.2 Å². The predicted octanol–water partition coefficient (Wildman–Crippen LogP) is 3.49. The van der Waals surface area contributed by atoms with Crippen LogP contribution in [0.25, 0.3) is 0 Å². The first-order valence-electron chi connectivity index (χ1n) is 7.97. The van der Waals surface area contributed by atoms with Gasteiger partial charge < -0.3 is 10.0 Å². The van der Waals surface area contributed by atoms with Crippen LogP contribution in [0.3, 0.4) is 0 Å². The summed E-state index contributed by atoms with van der Waals surface area (Å²) in [6.07, 6.45) is -1.48. The molecule has 0 saturated carbocycles. The van der Waals surface area contributed by atoms with E-state index in [1.807, 2.05) is 0 Å². The van der Waals surface area contributed by atoms with Crippen molar-refractivity contribution in [3.8, 4) is 0 Å². The Hall–Kier alpha value is -2.05. The number of amides is 1. The lowest BCUT2D eigenvalue weighted by molar-refractivity contribution is -0.152. The topological polar surface area (TPSA) is 57.6 Å². The Labute approximate surface area is 138 Å². The Balaban J connectivity index is 1.89. The molecule has 0 radical (unpaired) electrons. The van der Waals surface area contributed by atoms with Crippen LogP contribution in [-0.4, -0.2) is 34.5 Å². The molecular formula is C17H20F3NO3. The lowest BCUT2D eigenvalue weighted by Gasteiger charge is -2.33. The van der Waals surface area contributed by atoms with Crippen molar-refractivity contribution in [1.82, 2.24) is 4.90 Å². The molecule has 1 aromatic rings. The van der Waals surface area contributed by atoms with Gasteiger partial charge in [0.2, 0.25) is 5.91 Å². The summed E-state index contributed by atoms with van der Waals surface area (Å²) in [4.78, 5) is 24.8. The molecule has 0 spiro atoms. The van der Waals surface area contributed by atoms with Crippen molar-refractivity contribution in [1.29, 1.82) is 0 Å². The molecule has 1 N–H and O–H groups in total. The summed E-state index contributed by atoms with van der Waals surface area (Å²) in [6.45, 7) is 0.430. The zero-order chi connectivity index (χ0) is 17.7. The Morgan fingerprint density at radius 1 is 1.25 bits per heavy atom. The average Bonchev–Trinajstić information content (AvgIpc) is 2.54. The first-order valence-corrected chi connectivity index (χ1v) is 7.97. The molecule has 1 saturated heterocycles. The molecule has 0 aromatic heterocycles. The summed E-state index contributed by atoms with van der Waals surface area (Å²) < 4.78 is 38.0. The van der Waals surface area contributed by atoms with E-state index in [0.29, 0.717) is 31.4 Å². The van der Waals surface area contributed by atoms with Crippen molar-refractivity contribution in [2.75, 3.05) is 6.54 Å². The molecule has 1 amide bonds. The van der Waals surface area contributed by atoms with Crippen LogP contribution in [0.2, 0.25) is 0 Å². The van der Waals surface area contributed by atoms with Gasteiger partial charge in [-0.1, -0.05) is 18.2 Å². The second-order valence-electron chi connectivity index (χ2n) is 5.99. The van der Waals surface area contributed by atoms with Gasteiger partial charge in [0.1, 0.15) is 6.04 Å². The van der Waals surface area contributed by atoms with E-state index < -0.39 is 23.8 Å². The summed E-state index contributed by atoms with van der Waals surface area (Å²) >= 11 is 0. The van der Waals surface area contributed by atoms with Gasteiger partial charge in [-0.25, -0.2) is 4.79 Å². The van der Waals surface area contributed by atoms with E-state index in [4.69, 9.17) is 5.11 Å². The number of carboxylic acids is 1. The fourth-order valence-electron chi connectivity index (χ4n) is 2.98. The number of carboxylic acid groups (broad SMARTS) is 1. The fourth-order valence-corrected chi connectivity index (χ4v) is 2.98. The first kappa shape index (κ1) is 18.3. The SMILES string of the molecule is O=C(O)C1CCCCN1C(=O)CCCc1cccc(C(F)(F)F)c1. The predicted molar refractivity (Wildman–Crippen MR) is 81.4 cm³/mol. The van der Waals surface area contributed by atoms with Crippen LogP contribution in [-0.2, 0) is 22.2 Å². The summed E-state index contributed by atoms with van der Waals surface area (Å²) in [6, 6.07) is 4.27. The molecule has 24 heavy (non-hydrogen) atoms. The minimum absolute atomic E-state index is 0.139. The molecule has 1 atom stereocenters. The van der Waals surface area contributed by atoms with Crippen LogP contribution in [0.5, 0.6) is 0 Å². The van der Waals surface area contributed by atoms with Crippen molar-refractivity contribution >= 4 is 11.9 Å². The smallest absolute Gasteiger partial charge is 0.416 e. The minimum atomic E-state index is -4.38. The number of nitrogens with zero attached hydrogens (tertiary/aromatic N) is 1. The number of halogens is 3. The zero-order valence-electron chi connectivity index (χ0n) is 13.2. The number of alkyl halides is 3. The second kappa shape index (κ2) is 7.68. The van der Waals surface area contributed by atoms with Gasteiger partial charge in [-0.05, 0) is 43.7 Å². The Kier molecular flexibility index (Phi) is 5.85. The lowest BCUT2D eigenvalue weighted by atomic mass is 10.0. The van der Waals surface area contributed by atoms with Gasteiger partial charge in [-0.15, -0.1) is 0 Å². The normalized spacial score (nSPS) is 18.5. The number of hydrogen-bond acceptors (Lipinski definition) is 2. The molecule has 0 aliphatic carbocycles. The highest BCUT2D eigenvalue weighted by molar-refractivity contribution is 5.83. The zero-order valence-corrected chi connectivity index (χ0v) is 13.2. The molecule has 1 aromatic carbocycles. The third-order valence-corrected chi connectivity index (χ3v) is 4.22. The molecule has 2 rings (SSSR count). The van der Waals surface area contributed by atoms with E-state index in [1.54, 1.807) is 6.07 Å². The Morgan fingerprint density at radius 2 is 2.00 bits per heavy atom. The number of aliphatic carboxylic acids is 1. The Morgan fingerprint density at radius 3 is 2.67 bits per heavy atom. The average molecular weight is 343 g/mol. The molecule has 0 bridgehead atoms.